The number of nitrogens with one attached hydrogen (secondary N) is 1. The van der Waals surface area contributed by atoms with Crippen LogP contribution in [0.3, 0.4) is 0 Å². The van der Waals surface area contributed by atoms with Crippen LogP contribution in [0.4, 0.5) is 0 Å². The second-order valence-electron chi connectivity index (χ2n) is 4.14. The summed E-state index contributed by atoms with van der Waals surface area (Å²) in [6, 6.07) is 0. The number of carbonyl (C=O) groups excluding carboxylic acids is 1. The molecule has 0 aromatic carbocycles. The topological polar surface area (TPSA) is 62.3 Å². The van der Waals surface area contributed by atoms with Gasteiger partial charge in [-0.15, -0.1) is 0 Å². The van der Waals surface area contributed by atoms with Crippen molar-refractivity contribution in [1.29, 1.82) is 0 Å². The second-order valence-corrected chi connectivity index (χ2v) is 4.14. The van der Waals surface area contributed by atoms with E-state index in [4.69, 9.17) is 0 Å². The van der Waals surface area contributed by atoms with Crippen LogP contribution in [-0.2, 0) is 0 Å². The van der Waals surface area contributed by atoms with Crippen molar-refractivity contribution in [2.45, 2.75) is 27.2 Å². The number of fused-ring (bicyclic) bond motifs is 1. The number of allylic oxidation sites excluding steroid dienone is 2. The zero-order valence-corrected chi connectivity index (χ0v) is 10.2. The zero-order valence-electron chi connectivity index (χ0n) is 10.2. The van der Waals surface area contributed by atoms with E-state index in [2.05, 4.69) is 16.6 Å². The maximum Gasteiger partial charge on any atom is 0.205 e. The van der Waals surface area contributed by atoms with Crippen LogP contribution in [0.15, 0.2) is 21.1 Å². The number of rotatable bonds is 1. The molecule has 1 aromatic heterocycles. The Morgan fingerprint density at radius 3 is 2.53 bits per heavy atom. The predicted octanol–water partition coefficient (Wildman–Crippen LogP) is 0.594. The first kappa shape index (κ1) is 11.5. The van der Waals surface area contributed by atoms with Gasteiger partial charge in [-0.3, -0.25) is 9.59 Å². The van der Waals surface area contributed by atoms with E-state index in [-0.39, 0.29) is 16.6 Å². The molecular formula is C13H14N2O2. The molecule has 88 valence electrons. The molecule has 1 N–H and O–H groups in total. The van der Waals surface area contributed by atoms with E-state index in [1.165, 1.54) is 0 Å². The number of pyridine rings is 1. The molecule has 0 radical (unpaired) electrons. The first-order chi connectivity index (χ1) is 7.97. The number of hydrogen-bond acceptors (Lipinski definition) is 3. The average Bonchev–Trinajstić information content (AvgIpc) is 2.26. The molecule has 0 saturated carbocycles. The lowest BCUT2D eigenvalue weighted by molar-refractivity contribution is 0.102. The van der Waals surface area contributed by atoms with Gasteiger partial charge in [0.05, 0.1) is 10.9 Å². The van der Waals surface area contributed by atoms with Crippen molar-refractivity contribution in [3.8, 4) is 0 Å². The van der Waals surface area contributed by atoms with Gasteiger partial charge < -0.3 is 4.98 Å². The molecule has 0 unspecified atom stereocenters. The minimum Gasteiger partial charge on any atom is -0.337 e. The lowest BCUT2D eigenvalue weighted by Gasteiger charge is -2.13. The summed E-state index contributed by atoms with van der Waals surface area (Å²) >= 11 is 0. The predicted molar refractivity (Wildman–Crippen MR) is 65.4 cm³/mol. The third-order valence-electron chi connectivity index (χ3n) is 3.07. The highest BCUT2D eigenvalue weighted by Crippen LogP contribution is 2.18. The lowest BCUT2D eigenvalue weighted by Crippen LogP contribution is -2.41. The minimum absolute atomic E-state index is 0.0964. The van der Waals surface area contributed by atoms with Crippen LogP contribution in [0, 0.1) is 6.92 Å². The van der Waals surface area contributed by atoms with Gasteiger partial charge in [-0.05, 0) is 20.3 Å². The molecule has 2 heterocycles. The summed E-state index contributed by atoms with van der Waals surface area (Å²) in [5, 5.41) is 0.269. The van der Waals surface area contributed by atoms with Crippen molar-refractivity contribution in [1.82, 2.24) is 4.98 Å². The molecule has 4 heteroatoms. The number of hydrogen-bond donors (Lipinski definition) is 1. The molecule has 1 aliphatic rings. The SMILES string of the molecule is C=c1[nH]c2c(c(C)c1=O)C(=O)C(CC)=C(C)N=2. The van der Waals surface area contributed by atoms with Gasteiger partial charge in [-0.2, -0.15) is 0 Å². The summed E-state index contributed by atoms with van der Waals surface area (Å²) < 4.78 is 0. The second kappa shape index (κ2) is 3.80. The molecular weight excluding hydrogens is 216 g/mol. The van der Waals surface area contributed by atoms with Crippen LogP contribution in [0.5, 0.6) is 0 Å². The Morgan fingerprint density at radius 1 is 1.29 bits per heavy atom. The van der Waals surface area contributed by atoms with Gasteiger partial charge in [0.1, 0.15) is 5.49 Å². The van der Waals surface area contributed by atoms with Gasteiger partial charge in [0.2, 0.25) is 5.43 Å². The fraction of sp³-hybridized carbons (Fsp3) is 0.308. The first-order valence-electron chi connectivity index (χ1n) is 5.52. The zero-order chi connectivity index (χ0) is 12.7. The molecule has 1 aromatic rings. The van der Waals surface area contributed by atoms with Crippen LogP contribution < -0.4 is 16.3 Å². The van der Waals surface area contributed by atoms with Gasteiger partial charge >= 0.3 is 0 Å². The summed E-state index contributed by atoms with van der Waals surface area (Å²) in [5.41, 5.74) is 2.43. The lowest BCUT2D eigenvalue weighted by atomic mass is 9.95. The standard InChI is InChI=1S/C13H14N2O2/c1-5-9-7(3)14-13-10(12(9)17)6(2)11(16)8(4)15-13/h4-5H2,1-3H3,(H,14,15). The smallest absolute Gasteiger partial charge is 0.205 e. The van der Waals surface area contributed by atoms with Crippen LogP contribution in [0.25, 0.3) is 6.58 Å². The molecule has 0 atom stereocenters. The highest BCUT2D eigenvalue weighted by molar-refractivity contribution is 6.10. The van der Waals surface area contributed by atoms with Crippen molar-refractivity contribution in [3.05, 3.63) is 43.5 Å². The van der Waals surface area contributed by atoms with Gasteiger partial charge in [0.15, 0.2) is 5.78 Å². The Balaban J connectivity index is 2.95. The van der Waals surface area contributed by atoms with E-state index >= 15 is 0 Å². The number of carbonyl (C=O) groups is 1. The highest BCUT2D eigenvalue weighted by Gasteiger charge is 2.23. The quantitative estimate of drug-likeness (QED) is 0.767. The van der Waals surface area contributed by atoms with Crippen molar-refractivity contribution < 1.29 is 4.79 Å². The summed E-state index contributed by atoms with van der Waals surface area (Å²) in [7, 11) is 0. The Kier molecular flexibility index (Phi) is 2.58. The van der Waals surface area contributed by atoms with Crippen LogP contribution in [0.1, 0.15) is 36.2 Å². The van der Waals surface area contributed by atoms with Gasteiger partial charge in [0.25, 0.3) is 0 Å². The summed E-state index contributed by atoms with van der Waals surface area (Å²) in [4.78, 5) is 31.1. The van der Waals surface area contributed by atoms with Crippen molar-refractivity contribution in [2.75, 3.05) is 0 Å². The molecule has 2 rings (SSSR count). The molecule has 17 heavy (non-hydrogen) atoms. The number of ketones is 1. The molecule has 0 fully saturated rings. The third kappa shape index (κ3) is 1.56. The summed E-state index contributed by atoms with van der Waals surface area (Å²) in [5.74, 6) is -0.0964. The Hall–Kier alpha value is -1.97. The van der Waals surface area contributed by atoms with Gasteiger partial charge in [-0.1, -0.05) is 13.5 Å². The molecule has 0 saturated heterocycles. The van der Waals surface area contributed by atoms with Crippen LogP contribution in [0.2, 0.25) is 0 Å². The number of H-pyrrole nitrogens is 1. The fourth-order valence-corrected chi connectivity index (χ4v) is 2.11. The van der Waals surface area contributed by atoms with Crippen molar-refractivity contribution in [3.63, 3.8) is 0 Å². The van der Waals surface area contributed by atoms with E-state index in [9.17, 15) is 9.59 Å². The van der Waals surface area contributed by atoms with E-state index in [1.807, 2.05) is 6.92 Å². The van der Waals surface area contributed by atoms with Crippen molar-refractivity contribution in [2.24, 2.45) is 4.99 Å². The van der Waals surface area contributed by atoms with Crippen LogP contribution >= 0.6 is 0 Å². The Morgan fingerprint density at radius 2 is 1.94 bits per heavy atom. The largest absolute Gasteiger partial charge is 0.337 e. The molecule has 4 nitrogen and oxygen atoms in total. The minimum atomic E-state index is -0.220. The fourth-order valence-electron chi connectivity index (χ4n) is 2.11. The third-order valence-corrected chi connectivity index (χ3v) is 3.07. The van der Waals surface area contributed by atoms with E-state index in [0.717, 1.165) is 0 Å². The van der Waals surface area contributed by atoms with Crippen LogP contribution in [-0.4, -0.2) is 10.8 Å². The molecule has 1 aliphatic heterocycles. The molecule has 0 aliphatic carbocycles. The van der Waals surface area contributed by atoms with Gasteiger partial charge in [-0.25, -0.2) is 4.99 Å². The normalized spacial score (nSPS) is 14.6. The number of aromatic nitrogens is 1. The Labute approximate surface area is 98.4 Å². The van der Waals surface area contributed by atoms with E-state index in [0.29, 0.717) is 34.3 Å². The monoisotopic (exact) mass is 230 g/mol. The summed E-state index contributed by atoms with van der Waals surface area (Å²) in [6.45, 7) is 8.98. The highest BCUT2D eigenvalue weighted by atomic mass is 16.1. The Bertz CT molecular complexity index is 708. The first-order valence-corrected chi connectivity index (χ1v) is 5.52. The number of aromatic amines is 1. The number of Topliss-reactive ketones (excluding diaryl/α,β-unsaturated/α-hetero) is 1. The number of nitrogens with zero attached hydrogens (tertiary/aromatic N) is 1. The maximum atomic E-state index is 12.2. The average molecular weight is 230 g/mol. The molecule has 0 spiro atoms. The van der Waals surface area contributed by atoms with Gasteiger partial charge in [0, 0.05) is 16.8 Å². The summed E-state index contributed by atoms with van der Waals surface area (Å²) in [6.07, 6.45) is 0.618. The van der Waals surface area contributed by atoms with Crippen molar-refractivity contribution >= 4 is 12.4 Å². The maximum absolute atomic E-state index is 12.2. The van der Waals surface area contributed by atoms with E-state index in [1.54, 1.807) is 13.8 Å². The molecule has 0 bridgehead atoms. The van der Waals surface area contributed by atoms with E-state index < -0.39 is 0 Å². The molecule has 0 amide bonds.